The molecule has 1 unspecified atom stereocenters. The van der Waals surface area contributed by atoms with Gasteiger partial charge < -0.3 is 24.1 Å². The largest absolute Gasteiger partial charge is 0.502 e. The number of pyridine rings is 1. The van der Waals surface area contributed by atoms with Crippen molar-refractivity contribution in [2.45, 2.75) is 19.3 Å². The maximum atomic E-state index is 13.0. The first-order valence-electron chi connectivity index (χ1n) is 9.75. The van der Waals surface area contributed by atoms with Crippen LogP contribution in [0.1, 0.15) is 29.4 Å². The van der Waals surface area contributed by atoms with Crippen LogP contribution in [0.15, 0.2) is 50.4 Å². The van der Waals surface area contributed by atoms with E-state index in [0.717, 1.165) is 5.39 Å². The summed E-state index contributed by atoms with van der Waals surface area (Å²) in [5.74, 6) is -1.51. The zero-order chi connectivity index (χ0) is 21.3. The first-order valence-corrected chi connectivity index (χ1v) is 9.75. The number of hydrogen-bond donors (Lipinski definition) is 2. The molecule has 2 N–H and O–H groups in total. The van der Waals surface area contributed by atoms with Crippen molar-refractivity contribution in [1.29, 1.82) is 0 Å². The van der Waals surface area contributed by atoms with Crippen LogP contribution in [0.4, 0.5) is 0 Å². The summed E-state index contributed by atoms with van der Waals surface area (Å²) in [6.45, 7) is 3.36. The third-order valence-corrected chi connectivity index (χ3v) is 5.29. The number of nitrogens with one attached hydrogen (secondary N) is 1. The molecule has 0 spiro atoms. The van der Waals surface area contributed by atoms with E-state index in [1.807, 2.05) is 18.2 Å². The summed E-state index contributed by atoms with van der Waals surface area (Å²) in [7, 11) is 0. The van der Waals surface area contributed by atoms with Gasteiger partial charge in [0.15, 0.2) is 5.76 Å². The number of H-pyrrole nitrogens is 1. The number of para-hydroxylation sites is 1. The van der Waals surface area contributed by atoms with Crippen LogP contribution < -0.4 is 11.0 Å². The minimum Gasteiger partial charge on any atom is -0.502 e. The molecule has 3 aromatic rings. The topological polar surface area (TPSA) is 113 Å². The molecule has 1 saturated heterocycles. The normalized spacial score (nSPS) is 15.3. The van der Waals surface area contributed by atoms with Crippen molar-refractivity contribution < 1.29 is 19.1 Å². The van der Waals surface area contributed by atoms with Gasteiger partial charge in [-0.25, -0.2) is 0 Å². The van der Waals surface area contributed by atoms with Crippen molar-refractivity contribution in [3.8, 4) is 5.75 Å². The summed E-state index contributed by atoms with van der Waals surface area (Å²) in [6, 6.07) is 10.1. The summed E-state index contributed by atoms with van der Waals surface area (Å²) in [5.41, 5.74) is -0.120. The van der Waals surface area contributed by atoms with Crippen LogP contribution in [0, 0.1) is 6.92 Å². The van der Waals surface area contributed by atoms with Gasteiger partial charge in [0, 0.05) is 36.7 Å². The Morgan fingerprint density at radius 3 is 2.70 bits per heavy atom. The predicted molar refractivity (Wildman–Crippen MR) is 110 cm³/mol. The number of ether oxygens (including phenoxy) is 1. The monoisotopic (exact) mass is 410 g/mol. The highest BCUT2D eigenvalue weighted by Crippen LogP contribution is 2.33. The zero-order valence-electron chi connectivity index (χ0n) is 16.5. The van der Waals surface area contributed by atoms with Crippen LogP contribution in [0.2, 0.25) is 0 Å². The van der Waals surface area contributed by atoms with E-state index in [9.17, 15) is 19.5 Å². The van der Waals surface area contributed by atoms with Crippen LogP contribution in [0.3, 0.4) is 0 Å². The predicted octanol–water partition coefficient (Wildman–Crippen LogP) is 1.88. The fourth-order valence-corrected chi connectivity index (χ4v) is 3.75. The van der Waals surface area contributed by atoms with Crippen molar-refractivity contribution in [3.63, 3.8) is 0 Å². The van der Waals surface area contributed by atoms with E-state index in [1.165, 1.54) is 6.07 Å². The Hall–Kier alpha value is -3.39. The van der Waals surface area contributed by atoms with Gasteiger partial charge in [-0.15, -0.1) is 0 Å². The molecule has 1 aliphatic rings. The van der Waals surface area contributed by atoms with Crippen molar-refractivity contribution in [1.82, 2.24) is 9.88 Å². The number of aromatic nitrogens is 1. The van der Waals surface area contributed by atoms with E-state index in [2.05, 4.69) is 4.98 Å². The molecule has 4 rings (SSSR count). The minimum atomic E-state index is -0.915. The van der Waals surface area contributed by atoms with Gasteiger partial charge in [-0.2, -0.15) is 0 Å². The summed E-state index contributed by atoms with van der Waals surface area (Å²) < 4.78 is 11.0. The van der Waals surface area contributed by atoms with Gasteiger partial charge in [-0.05, 0) is 24.4 Å². The van der Waals surface area contributed by atoms with Crippen LogP contribution in [-0.2, 0) is 9.53 Å². The van der Waals surface area contributed by atoms with Crippen LogP contribution in [-0.4, -0.2) is 47.2 Å². The second kappa shape index (κ2) is 8.16. The Balaban J connectivity index is 1.84. The fourth-order valence-electron chi connectivity index (χ4n) is 3.75. The lowest BCUT2D eigenvalue weighted by Crippen LogP contribution is -2.41. The van der Waals surface area contributed by atoms with E-state index in [0.29, 0.717) is 31.8 Å². The smallest absolute Gasteiger partial charge is 0.252 e. The SMILES string of the molecule is Cc1cc(=O)c(O)c(C(CC(=O)N2CCOCC2)c2cc3ccccc3[nH]c2=O)o1. The number of aromatic amines is 1. The van der Waals surface area contributed by atoms with Crippen LogP contribution in [0.25, 0.3) is 10.9 Å². The van der Waals surface area contributed by atoms with Crippen molar-refractivity contribution in [3.05, 3.63) is 74.1 Å². The van der Waals surface area contributed by atoms with E-state index >= 15 is 0 Å². The number of aromatic hydroxyl groups is 1. The molecule has 1 aliphatic heterocycles. The Morgan fingerprint density at radius 2 is 1.93 bits per heavy atom. The molecule has 156 valence electrons. The molecule has 30 heavy (non-hydrogen) atoms. The minimum absolute atomic E-state index is 0.0811. The van der Waals surface area contributed by atoms with Crippen LogP contribution >= 0.6 is 0 Å². The molecule has 3 heterocycles. The number of rotatable bonds is 4. The number of nitrogens with zero attached hydrogens (tertiary/aromatic N) is 1. The number of hydrogen-bond acceptors (Lipinski definition) is 6. The molecule has 1 atom stereocenters. The molecule has 0 aliphatic carbocycles. The molecule has 1 amide bonds. The lowest BCUT2D eigenvalue weighted by Gasteiger charge is -2.28. The maximum absolute atomic E-state index is 13.0. The highest BCUT2D eigenvalue weighted by molar-refractivity contribution is 5.80. The number of benzene rings is 1. The Bertz CT molecular complexity index is 1210. The lowest BCUT2D eigenvalue weighted by molar-refractivity contribution is -0.135. The standard InChI is InChI=1S/C22H22N2O6/c1-13-10-18(25)20(27)21(30-13)15(12-19(26)24-6-8-29-9-7-24)16-11-14-4-2-3-5-17(14)23-22(16)28/h2-5,10-11,15,27H,6-9,12H2,1H3,(H,23,28). The highest BCUT2D eigenvalue weighted by Gasteiger charge is 2.30. The fraction of sp³-hybridized carbons (Fsp3) is 0.318. The summed E-state index contributed by atoms with van der Waals surface area (Å²) in [6.07, 6.45) is -0.124. The quantitative estimate of drug-likeness (QED) is 0.679. The van der Waals surface area contributed by atoms with Crippen molar-refractivity contribution in [2.75, 3.05) is 26.3 Å². The van der Waals surface area contributed by atoms with E-state index < -0.39 is 22.7 Å². The second-order valence-electron chi connectivity index (χ2n) is 7.33. The summed E-state index contributed by atoms with van der Waals surface area (Å²) in [4.78, 5) is 42.5. The number of carbonyl (C=O) groups is 1. The number of aryl methyl sites for hydroxylation is 1. The molecule has 0 saturated carbocycles. The van der Waals surface area contributed by atoms with Gasteiger partial charge in [0.1, 0.15) is 5.76 Å². The molecule has 1 fully saturated rings. The molecular formula is C22H22N2O6. The average molecular weight is 410 g/mol. The Kier molecular flexibility index (Phi) is 5.41. The first-order chi connectivity index (χ1) is 14.4. The molecule has 0 bridgehead atoms. The van der Waals surface area contributed by atoms with Gasteiger partial charge >= 0.3 is 0 Å². The number of amides is 1. The van der Waals surface area contributed by atoms with E-state index in [1.54, 1.807) is 24.0 Å². The average Bonchev–Trinajstić information content (AvgIpc) is 2.75. The zero-order valence-corrected chi connectivity index (χ0v) is 16.5. The molecule has 2 aromatic heterocycles. The lowest BCUT2D eigenvalue weighted by atomic mass is 9.91. The molecule has 8 heteroatoms. The highest BCUT2D eigenvalue weighted by atomic mass is 16.5. The Labute approximate surface area is 171 Å². The number of fused-ring (bicyclic) bond motifs is 1. The Morgan fingerprint density at radius 1 is 1.20 bits per heavy atom. The van der Waals surface area contributed by atoms with Crippen molar-refractivity contribution >= 4 is 16.8 Å². The summed E-state index contributed by atoms with van der Waals surface area (Å²) in [5, 5.41) is 11.2. The first kappa shape index (κ1) is 19.9. The van der Waals surface area contributed by atoms with Gasteiger partial charge in [-0.1, -0.05) is 18.2 Å². The van der Waals surface area contributed by atoms with Gasteiger partial charge in [0.2, 0.25) is 17.1 Å². The summed E-state index contributed by atoms with van der Waals surface area (Å²) >= 11 is 0. The van der Waals surface area contributed by atoms with Gasteiger partial charge in [0.05, 0.1) is 19.1 Å². The van der Waals surface area contributed by atoms with Gasteiger partial charge in [-0.3, -0.25) is 14.4 Å². The van der Waals surface area contributed by atoms with E-state index in [-0.39, 0.29) is 29.4 Å². The third-order valence-electron chi connectivity index (χ3n) is 5.29. The number of carbonyl (C=O) groups excluding carboxylic acids is 1. The number of morpholine rings is 1. The third kappa shape index (κ3) is 3.86. The second-order valence-corrected chi connectivity index (χ2v) is 7.33. The molecule has 0 radical (unpaired) electrons. The van der Waals surface area contributed by atoms with Crippen LogP contribution in [0.5, 0.6) is 5.75 Å². The molecule has 8 nitrogen and oxygen atoms in total. The van der Waals surface area contributed by atoms with Gasteiger partial charge in [0.25, 0.3) is 5.56 Å². The maximum Gasteiger partial charge on any atom is 0.252 e. The van der Waals surface area contributed by atoms with Crippen molar-refractivity contribution in [2.24, 2.45) is 0 Å². The van der Waals surface area contributed by atoms with E-state index in [4.69, 9.17) is 9.15 Å². The molecular weight excluding hydrogens is 388 g/mol. The molecule has 1 aromatic carbocycles.